The van der Waals surface area contributed by atoms with Crippen LogP contribution in [0, 0.1) is 5.82 Å². The molecule has 2 aromatic rings. The standard InChI is InChI=1S/C16H12FNO3/c17-12-8-5-11(6-9-12)7-10-15(19)18-14-4-2-1-3-13(14)16(20)21/h1-10H,(H,18,19)(H,20,21)/p-1/b10-7+. The third-order valence-electron chi connectivity index (χ3n) is 2.70. The van der Waals surface area contributed by atoms with Gasteiger partial charge in [0.15, 0.2) is 0 Å². The van der Waals surface area contributed by atoms with E-state index in [1.807, 2.05) is 0 Å². The Morgan fingerprint density at radius 2 is 1.71 bits per heavy atom. The van der Waals surface area contributed by atoms with Crippen molar-refractivity contribution in [3.63, 3.8) is 0 Å². The molecule has 21 heavy (non-hydrogen) atoms. The summed E-state index contributed by atoms with van der Waals surface area (Å²) in [5, 5.41) is 13.4. The number of carboxylic acid groups (broad SMARTS) is 1. The van der Waals surface area contributed by atoms with Crippen molar-refractivity contribution in [1.82, 2.24) is 0 Å². The van der Waals surface area contributed by atoms with Crippen molar-refractivity contribution < 1.29 is 19.1 Å². The zero-order valence-corrected chi connectivity index (χ0v) is 10.9. The predicted octanol–water partition coefficient (Wildman–Crippen LogP) is 1.84. The summed E-state index contributed by atoms with van der Waals surface area (Å²) < 4.78 is 12.7. The van der Waals surface area contributed by atoms with Crippen LogP contribution in [-0.2, 0) is 4.79 Å². The minimum absolute atomic E-state index is 0.0963. The van der Waals surface area contributed by atoms with Crippen LogP contribution < -0.4 is 10.4 Å². The van der Waals surface area contributed by atoms with Crippen molar-refractivity contribution in [3.8, 4) is 0 Å². The van der Waals surface area contributed by atoms with Crippen molar-refractivity contribution in [3.05, 3.63) is 71.6 Å². The predicted molar refractivity (Wildman–Crippen MR) is 74.8 cm³/mol. The normalized spacial score (nSPS) is 10.5. The second kappa shape index (κ2) is 6.47. The molecule has 0 radical (unpaired) electrons. The van der Waals surface area contributed by atoms with E-state index in [0.717, 1.165) is 0 Å². The lowest BCUT2D eigenvalue weighted by molar-refractivity contribution is -0.254. The molecule has 0 bridgehead atoms. The molecule has 2 rings (SSSR count). The van der Waals surface area contributed by atoms with Crippen molar-refractivity contribution in [2.75, 3.05) is 5.32 Å². The minimum atomic E-state index is -1.37. The fraction of sp³-hybridized carbons (Fsp3) is 0. The van der Waals surface area contributed by atoms with Crippen molar-refractivity contribution in [1.29, 1.82) is 0 Å². The quantitative estimate of drug-likeness (QED) is 0.871. The third-order valence-corrected chi connectivity index (χ3v) is 2.70. The number of benzene rings is 2. The number of carboxylic acids is 1. The molecule has 0 heterocycles. The van der Waals surface area contributed by atoms with Crippen LogP contribution in [0.2, 0.25) is 0 Å². The summed E-state index contributed by atoms with van der Waals surface area (Å²) in [6.07, 6.45) is 2.73. The lowest BCUT2D eigenvalue weighted by Gasteiger charge is -2.09. The lowest BCUT2D eigenvalue weighted by Crippen LogP contribution is -2.24. The number of para-hydroxylation sites is 1. The molecular weight excluding hydrogens is 273 g/mol. The van der Waals surface area contributed by atoms with Gasteiger partial charge in [0.25, 0.3) is 0 Å². The summed E-state index contributed by atoms with van der Waals surface area (Å²) in [7, 11) is 0. The highest BCUT2D eigenvalue weighted by Crippen LogP contribution is 2.14. The smallest absolute Gasteiger partial charge is 0.248 e. The molecular formula is C16H11FNO3-. The first kappa shape index (κ1) is 14.5. The Balaban J connectivity index is 2.08. The topological polar surface area (TPSA) is 69.2 Å². The fourth-order valence-electron chi connectivity index (χ4n) is 1.69. The average molecular weight is 284 g/mol. The number of nitrogens with one attached hydrogen (secondary N) is 1. The van der Waals surface area contributed by atoms with E-state index in [1.165, 1.54) is 54.6 Å². The number of hydrogen-bond donors (Lipinski definition) is 1. The highest BCUT2D eigenvalue weighted by molar-refractivity contribution is 6.05. The number of anilines is 1. The first-order valence-corrected chi connectivity index (χ1v) is 6.11. The maximum absolute atomic E-state index is 12.7. The minimum Gasteiger partial charge on any atom is -0.545 e. The van der Waals surface area contributed by atoms with E-state index >= 15 is 0 Å². The van der Waals surface area contributed by atoms with Crippen LogP contribution in [0.15, 0.2) is 54.6 Å². The Hall–Kier alpha value is -2.95. The second-order valence-corrected chi connectivity index (χ2v) is 4.21. The molecule has 0 saturated carbocycles. The average Bonchev–Trinajstić information content (AvgIpc) is 2.47. The highest BCUT2D eigenvalue weighted by atomic mass is 19.1. The van der Waals surface area contributed by atoms with E-state index in [1.54, 1.807) is 6.07 Å². The first-order chi connectivity index (χ1) is 10.1. The van der Waals surface area contributed by atoms with Gasteiger partial charge in [0.1, 0.15) is 5.82 Å². The van der Waals surface area contributed by atoms with Gasteiger partial charge in [-0.05, 0) is 29.8 Å². The summed E-state index contributed by atoms with van der Waals surface area (Å²) in [4.78, 5) is 22.6. The summed E-state index contributed by atoms with van der Waals surface area (Å²) in [5.41, 5.74) is 0.715. The van der Waals surface area contributed by atoms with Crippen molar-refractivity contribution >= 4 is 23.6 Å². The molecule has 4 nitrogen and oxygen atoms in total. The molecule has 0 aliphatic carbocycles. The molecule has 0 spiro atoms. The van der Waals surface area contributed by atoms with Gasteiger partial charge in [-0.2, -0.15) is 0 Å². The van der Waals surface area contributed by atoms with Crippen molar-refractivity contribution in [2.24, 2.45) is 0 Å². The molecule has 0 atom stereocenters. The van der Waals surface area contributed by atoms with E-state index in [0.29, 0.717) is 5.56 Å². The van der Waals surface area contributed by atoms with Gasteiger partial charge in [-0.3, -0.25) is 4.79 Å². The molecule has 1 amide bonds. The number of amides is 1. The molecule has 1 N–H and O–H groups in total. The van der Waals surface area contributed by atoms with E-state index in [2.05, 4.69) is 5.32 Å². The third kappa shape index (κ3) is 4.01. The molecule has 0 aliphatic heterocycles. The van der Waals surface area contributed by atoms with E-state index < -0.39 is 11.9 Å². The van der Waals surface area contributed by atoms with Gasteiger partial charge in [0.05, 0.1) is 11.7 Å². The zero-order chi connectivity index (χ0) is 15.2. The molecule has 0 fully saturated rings. The summed E-state index contributed by atoms with van der Waals surface area (Å²) in [6, 6.07) is 11.6. The number of carbonyl (C=O) groups is 2. The van der Waals surface area contributed by atoms with E-state index in [4.69, 9.17) is 0 Å². The molecule has 0 saturated heterocycles. The Bertz CT molecular complexity index is 693. The maximum atomic E-state index is 12.7. The zero-order valence-electron chi connectivity index (χ0n) is 10.9. The Kier molecular flexibility index (Phi) is 4.46. The van der Waals surface area contributed by atoms with Gasteiger partial charge in [-0.25, -0.2) is 4.39 Å². The van der Waals surface area contributed by atoms with Gasteiger partial charge >= 0.3 is 0 Å². The second-order valence-electron chi connectivity index (χ2n) is 4.21. The van der Waals surface area contributed by atoms with Crippen LogP contribution in [0.5, 0.6) is 0 Å². The molecule has 0 aliphatic rings. The van der Waals surface area contributed by atoms with Crippen LogP contribution in [0.4, 0.5) is 10.1 Å². The largest absolute Gasteiger partial charge is 0.545 e. The number of carbonyl (C=O) groups excluding carboxylic acids is 2. The summed E-state index contributed by atoms with van der Waals surface area (Å²) in [6.45, 7) is 0. The molecule has 5 heteroatoms. The van der Waals surface area contributed by atoms with Crippen LogP contribution in [0.3, 0.4) is 0 Å². The maximum Gasteiger partial charge on any atom is 0.248 e. The van der Waals surface area contributed by atoms with Gasteiger partial charge in [0, 0.05) is 11.6 Å². The van der Waals surface area contributed by atoms with Crippen LogP contribution in [0.25, 0.3) is 6.08 Å². The molecule has 2 aromatic carbocycles. The first-order valence-electron chi connectivity index (χ1n) is 6.11. The summed E-state index contributed by atoms with van der Waals surface area (Å²) >= 11 is 0. The van der Waals surface area contributed by atoms with Crippen LogP contribution in [0.1, 0.15) is 15.9 Å². The SMILES string of the molecule is O=C(/C=C/c1ccc(F)cc1)Nc1ccccc1C(=O)[O-]. The molecule has 0 unspecified atom stereocenters. The van der Waals surface area contributed by atoms with Gasteiger partial charge in [0.2, 0.25) is 5.91 Å². The molecule has 106 valence electrons. The lowest BCUT2D eigenvalue weighted by atomic mass is 10.1. The highest BCUT2D eigenvalue weighted by Gasteiger charge is 2.04. The van der Waals surface area contributed by atoms with Gasteiger partial charge in [-0.15, -0.1) is 0 Å². The number of halogens is 1. The van der Waals surface area contributed by atoms with Gasteiger partial charge < -0.3 is 15.2 Å². The van der Waals surface area contributed by atoms with Crippen LogP contribution in [-0.4, -0.2) is 11.9 Å². The summed E-state index contributed by atoms with van der Waals surface area (Å²) in [5.74, 6) is -2.22. The Morgan fingerprint density at radius 1 is 1.05 bits per heavy atom. The number of aromatic carboxylic acids is 1. The van der Waals surface area contributed by atoms with Crippen LogP contribution >= 0.6 is 0 Å². The Morgan fingerprint density at radius 3 is 2.38 bits per heavy atom. The van der Waals surface area contributed by atoms with Gasteiger partial charge in [-0.1, -0.05) is 30.3 Å². The van der Waals surface area contributed by atoms with E-state index in [9.17, 15) is 19.1 Å². The van der Waals surface area contributed by atoms with Crippen molar-refractivity contribution in [2.45, 2.75) is 0 Å². The number of hydrogen-bond acceptors (Lipinski definition) is 3. The van der Waals surface area contributed by atoms with E-state index in [-0.39, 0.29) is 17.1 Å². The Labute approximate surface area is 120 Å². The fourth-order valence-corrected chi connectivity index (χ4v) is 1.69. The number of rotatable bonds is 4. The molecule has 0 aromatic heterocycles. The monoisotopic (exact) mass is 284 g/mol.